The van der Waals surface area contributed by atoms with Crippen LogP contribution in [-0.2, 0) is 9.47 Å². The van der Waals surface area contributed by atoms with Crippen LogP contribution in [0.15, 0.2) is 22.8 Å². The fourth-order valence-corrected chi connectivity index (χ4v) is 1.81. The third-order valence-electron chi connectivity index (χ3n) is 2.58. The molecule has 1 amide bonds. The molecule has 0 aliphatic heterocycles. The zero-order chi connectivity index (χ0) is 14.1. The van der Waals surface area contributed by atoms with E-state index in [1.165, 1.54) is 0 Å². The van der Waals surface area contributed by atoms with Crippen LogP contribution < -0.4 is 0 Å². The summed E-state index contributed by atoms with van der Waals surface area (Å²) in [6.07, 6.45) is 2.42. The molecule has 6 heteroatoms. The Morgan fingerprint density at radius 3 is 2.58 bits per heavy atom. The van der Waals surface area contributed by atoms with Gasteiger partial charge in [0.05, 0.1) is 6.61 Å². The Balaban J connectivity index is 2.66. The summed E-state index contributed by atoms with van der Waals surface area (Å²) in [6, 6.07) is 3.52. The van der Waals surface area contributed by atoms with Crippen LogP contribution in [-0.4, -0.2) is 56.3 Å². The second-order valence-corrected chi connectivity index (χ2v) is 4.91. The predicted octanol–water partition coefficient (Wildman–Crippen LogP) is 1.97. The first kappa shape index (κ1) is 16.1. The third kappa shape index (κ3) is 5.67. The fourth-order valence-electron chi connectivity index (χ4n) is 1.58. The predicted molar refractivity (Wildman–Crippen MR) is 76.2 cm³/mol. The van der Waals surface area contributed by atoms with E-state index in [-0.39, 0.29) is 5.91 Å². The average molecular weight is 331 g/mol. The highest BCUT2D eigenvalue weighted by Gasteiger charge is 2.16. The molecule has 1 aromatic rings. The van der Waals surface area contributed by atoms with Gasteiger partial charge in [-0.15, -0.1) is 0 Å². The molecule has 0 radical (unpaired) electrons. The average Bonchev–Trinajstić information content (AvgIpc) is 2.43. The molecule has 0 aliphatic rings. The molecule has 0 saturated heterocycles. The van der Waals surface area contributed by atoms with E-state index >= 15 is 0 Å². The zero-order valence-electron chi connectivity index (χ0n) is 11.3. The Kier molecular flexibility index (Phi) is 7.62. The summed E-state index contributed by atoms with van der Waals surface area (Å²) in [4.78, 5) is 18.2. The van der Waals surface area contributed by atoms with Gasteiger partial charge in [-0.1, -0.05) is 0 Å². The number of amides is 1. The van der Waals surface area contributed by atoms with Crippen LogP contribution >= 0.6 is 15.9 Å². The number of pyridine rings is 1. The Morgan fingerprint density at radius 1 is 1.26 bits per heavy atom. The second kappa shape index (κ2) is 9.01. The summed E-state index contributed by atoms with van der Waals surface area (Å²) in [5.41, 5.74) is 0.441. The highest BCUT2D eigenvalue weighted by molar-refractivity contribution is 9.10. The SMILES string of the molecule is COCCCN(CCOC)C(=O)c1ccc(Br)cn1. The van der Waals surface area contributed by atoms with E-state index in [2.05, 4.69) is 20.9 Å². The van der Waals surface area contributed by atoms with Gasteiger partial charge < -0.3 is 14.4 Å². The van der Waals surface area contributed by atoms with Crippen molar-refractivity contribution in [1.82, 2.24) is 9.88 Å². The van der Waals surface area contributed by atoms with Gasteiger partial charge in [0.1, 0.15) is 5.69 Å². The zero-order valence-corrected chi connectivity index (χ0v) is 12.9. The topological polar surface area (TPSA) is 51.7 Å². The van der Waals surface area contributed by atoms with Crippen molar-refractivity contribution in [2.75, 3.05) is 40.5 Å². The summed E-state index contributed by atoms with van der Waals surface area (Å²) in [5, 5.41) is 0. The summed E-state index contributed by atoms with van der Waals surface area (Å²) >= 11 is 3.30. The van der Waals surface area contributed by atoms with E-state index in [1.54, 1.807) is 31.4 Å². The number of hydrogen-bond acceptors (Lipinski definition) is 4. The molecule has 0 unspecified atom stereocenters. The lowest BCUT2D eigenvalue weighted by molar-refractivity contribution is 0.0668. The van der Waals surface area contributed by atoms with E-state index in [0.717, 1.165) is 10.9 Å². The number of halogens is 1. The van der Waals surface area contributed by atoms with Crippen molar-refractivity contribution in [3.8, 4) is 0 Å². The number of methoxy groups -OCH3 is 2. The van der Waals surface area contributed by atoms with Gasteiger partial charge in [-0.3, -0.25) is 4.79 Å². The van der Waals surface area contributed by atoms with E-state index in [0.29, 0.717) is 32.0 Å². The molecule has 5 nitrogen and oxygen atoms in total. The summed E-state index contributed by atoms with van der Waals surface area (Å²) < 4.78 is 10.9. The number of ether oxygens (including phenoxy) is 2. The third-order valence-corrected chi connectivity index (χ3v) is 3.04. The number of rotatable bonds is 8. The van der Waals surface area contributed by atoms with Gasteiger partial charge in [-0.2, -0.15) is 0 Å². The Morgan fingerprint density at radius 2 is 2.00 bits per heavy atom. The molecule has 0 saturated carbocycles. The molecule has 1 heterocycles. The number of hydrogen-bond donors (Lipinski definition) is 0. The molecule has 1 aromatic heterocycles. The highest BCUT2D eigenvalue weighted by atomic mass is 79.9. The van der Waals surface area contributed by atoms with Crippen LogP contribution in [0.1, 0.15) is 16.9 Å². The second-order valence-electron chi connectivity index (χ2n) is 3.99. The van der Waals surface area contributed by atoms with Gasteiger partial charge in [0.25, 0.3) is 5.91 Å². The summed E-state index contributed by atoms with van der Waals surface area (Å²) in [6.45, 7) is 2.32. The van der Waals surface area contributed by atoms with Gasteiger partial charge >= 0.3 is 0 Å². The van der Waals surface area contributed by atoms with Gasteiger partial charge in [0, 0.05) is 44.6 Å². The molecular formula is C13H19BrN2O3. The molecule has 0 aliphatic carbocycles. The minimum absolute atomic E-state index is 0.0827. The minimum Gasteiger partial charge on any atom is -0.385 e. The van der Waals surface area contributed by atoms with Crippen molar-refractivity contribution in [3.05, 3.63) is 28.5 Å². The molecule has 0 atom stereocenters. The quantitative estimate of drug-likeness (QED) is 0.684. The van der Waals surface area contributed by atoms with E-state index in [1.807, 2.05) is 6.07 Å². The molecule has 106 valence electrons. The molecule has 0 bridgehead atoms. The lowest BCUT2D eigenvalue weighted by Crippen LogP contribution is -2.35. The maximum atomic E-state index is 12.3. The van der Waals surface area contributed by atoms with Gasteiger partial charge in [0.2, 0.25) is 0 Å². The van der Waals surface area contributed by atoms with Gasteiger partial charge in [0.15, 0.2) is 0 Å². The monoisotopic (exact) mass is 330 g/mol. The standard InChI is InChI=1S/C13H19BrN2O3/c1-18-8-3-6-16(7-9-19-2)13(17)12-5-4-11(14)10-15-12/h4-5,10H,3,6-9H2,1-2H3. The lowest BCUT2D eigenvalue weighted by Gasteiger charge is -2.21. The van der Waals surface area contributed by atoms with Crippen LogP contribution in [0, 0.1) is 0 Å². The Bertz CT molecular complexity index is 384. The normalized spacial score (nSPS) is 10.5. The van der Waals surface area contributed by atoms with E-state index in [4.69, 9.17) is 9.47 Å². The molecular weight excluding hydrogens is 312 g/mol. The van der Waals surface area contributed by atoms with Crippen LogP contribution in [0.3, 0.4) is 0 Å². The Hall–Kier alpha value is -0.980. The maximum absolute atomic E-state index is 12.3. The minimum atomic E-state index is -0.0827. The van der Waals surface area contributed by atoms with Crippen LogP contribution in [0.4, 0.5) is 0 Å². The summed E-state index contributed by atoms with van der Waals surface area (Å²) in [7, 11) is 3.27. The number of carbonyl (C=O) groups is 1. The van der Waals surface area contributed by atoms with Crippen molar-refractivity contribution in [2.45, 2.75) is 6.42 Å². The molecule has 0 fully saturated rings. The van der Waals surface area contributed by atoms with Crippen LogP contribution in [0.5, 0.6) is 0 Å². The van der Waals surface area contributed by atoms with Crippen LogP contribution in [0.2, 0.25) is 0 Å². The molecule has 19 heavy (non-hydrogen) atoms. The van der Waals surface area contributed by atoms with Gasteiger partial charge in [-0.05, 0) is 34.5 Å². The molecule has 0 spiro atoms. The fraction of sp³-hybridized carbons (Fsp3) is 0.538. The Labute approximate surface area is 122 Å². The first-order chi connectivity index (χ1) is 9.19. The first-order valence-electron chi connectivity index (χ1n) is 6.07. The lowest BCUT2D eigenvalue weighted by atomic mass is 10.3. The smallest absolute Gasteiger partial charge is 0.272 e. The highest BCUT2D eigenvalue weighted by Crippen LogP contribution is 2.09. The van der Waals surface area contributed by atoms with Crippen molar-refractivity contribution in [3.63, 3.8) is 0 Å². The molecule has 0 N–H and O–H groups in total. The maximum Gasteiger partial charge on any atom is 0.272 e. The molecule has 1 rings (SSSR count). The molecule has 0 aromatic carbocycles. The van der Waals surface area contributed by atoms with Crippen molar-refractivity contribution in [1.29, 1.82) is 0 Å². The number of nitrogens with zero attached hydrogens (tertiary/aromatic N) is 2. The largest absolute Gasteiger partial charge is 0.385 e. The van der Waals surface area contributed by atoms with Crippen molar-refractivity contribution in [2.24, 2.45) is 0 Å². The van der Waals surface area contributed by atoms with Gasteiger partial charge in [-0.25, -0.2) is 4.98 Å². The summed E-state index contributed by atoms with van der Waals surface area (Å²) in [5.74, 6) is -0.0827. The van der Waals surface area contributed by atoms with Crippen LogP contribution in [0.25, 0.3) is 0 Å². The van der Waals surface area contributed by atoms with Crippen molar-refractivity contribution < 1.29 is 14.3 Å². The van der Waals surface area contributed by atoms with E-state index < -0.39 is 0 Å². The van der Waals surface area contributed by atoms with E-state index in [9.17, 15) is 4.79 Å². The van der Waals surface area contributed by atoms with Crippen molar-refractivity contribution >= 4 is 21.8 Å². The number of aromatic nitrogens is 1. The first-order valence-corrected chi connectivity index (χ1v) is 6.87. The number of carbonyl (C=O) groups excluding carboxylic acids is 1.